The van der Waals surface area contributed by atoms with Crippen LogP contribution in [0, 0.1) is 6.92 Å². The Morgan fingerprint density at radius 3 is 2.74 bits per heavy atom. The third-order valence-electron chi connectivity index (χ3n) is 4.27. The van der Waals surface area contributed by atoms with Crippen LogP contribution < -0.4 is 5.43 Å². The molecule has 0 unspecified atom stereocenters. The van der Waals surface area contributed by atoms with E-state index in [4.69, 9.17) is 11.6 Å². The van der Waals surface area contributed by atoms with Crippen LogP contribution in [0.1, 0.15) is 29.2 Å². The summed E-state index contributed by atoms with van der Waals surface area (Å²) in [4.78, 5) is 4.57. The van der Waals surface area contributed by atoms with Gasteiger partial charge in [-0.05, 0) is 24.1 Å². The van der Waals surface area contributed by atoms with E-state index in [1.54, 1.807) is 0 Å². The first-order valence-corrected chi connectivity index (χ1v) is 8.03. The van der Waals surface area contributed by atoms with Crippen molar-refractivity contribution in [3.05, 3.63) is 76.4 Å². The smallest absolute Gasteiger partial charge is 0.138 e. The van der Waals surface area contributed by atoms with Gasteiger partial charge in [-0.1, -0.05) is 60.1 Å². The van der Waals surface area contributed by atoms with Crippen molar-refractivity contribution in [1.82, 2.24) is 10.4 Å². The van der Waals surface area contributed by atoms with Crippen molar-refractivity contribution in [3.63, 3.8) is 0 Å². The van der Waals surface area contributed by atoms with Crippen LogP contribution in [0.25, 0.3) is 10.9 Å². The highest BCUT2D eigenvalue weighted by Crippen LogP contribution is 2.29. The highest BCUT2D eigenvalue weighted by Gasteiger charge is 2.23. The van der Waals surface area contributed by atoms with Crippen molar-refractivity contribution < 1.29 is 0 Å². The fourth-order valence-electron chi connectivity index (χ4n) is 3.02. The predicted molar refractivity (Wildman–Crippen MR) is 95.0 cm³/mol. The second kappa shape index (κ2) is 5.67. The summed E-state index contributed by atoms with van der Waals surface area (Å²) in [7, 11) is 0. The maximum Gasteiger partial charge on any atom is 0.138 e. The molecule has 1 aliphatic heterocycles. The lowest BCUT2D eigenvalue weighted by atomic mass is 9.99. The first-order valence-electron chi connectivity index (χ1n) is 7.65. The van der Waals surface area contributed by atoms with Crippen molar-refractivity contribution in [2.75, 3.05) is 0 Å². The molecule has 3 aromatic rings. The van der Waals surface area contributed by atoms with Gasteiger partial charge in [0, 0.05) is 17.4 Å². The number of hydrogen-bond donors (Lipinski definition) is 1. The second-order valence-electron chi connectivity index (χ2n) is 5.83. The number of nitrogens with one attached hydrogen (secondary N) is 1. The standard InChI is InChI=1S/C19H16ClN3/c1-12-6-5-9-14-10-15(19(20)21-18(12)14)17-11-16(22-23-17)13-7-3-2-4-8-13/h2-10,16,22H,11H2,1H3/t16-/m0/s1. The fraction of sp³-hybridized carbons (Fsp3) is 0.158. The van der Waals surface area contributed by atoms with E-state index in [9.17, 15) is 0 Å². The molecule has 1 N–H and O–H groups in total. The molecule has 23 heavy (non-hydrogen) atoms. The number of hydrazone groups is 1. The molecule has 0 saturated heterocycles. The van der Waals surface area contributed by atoms with Crippen LogP contribution in [0.2, 0.25) is 5.15 Å². The topological polar surface area (TPSA) is 37.3 Å². The Morgan fingerprint density at radius 2 is 1.91 bits per heavy atom. The molecular formula is C19H16ClN3. The van der Waals surface area contributed by atoms with Gasteiger partial charge in [-0.2, -0.15) is 5.10 Å². The number of halogens is 1. The number of nitrogens with zero attached hydrogens (tertiary/aromatic N) is 2. The zero-order valence-electron chi connectivity index (χ0n) is 12.8. The Bertz CT molecular complexity index is 903. The largest absolute Gasteiger partial charge is 0.302 e. The van der Waals surface area contributed by atoms with E-state index >= 15 is 0 Å². The second-order valence-corrected chi connectivity index (χ2v) is 6.19. The van der Waals surface area contributed by atoms with Crippen molar-refractivity contribution in [2.45, 2.75) is 19.4 Å². The lowest BCUT2D eigenvalue weighted by Gasteiger charge is -2.10. The van der Waals surface area contributed by atoms with Gasteiger partial charge in [0.25, 0.3) is 0 Å². The van der Waals surface area contributed by atoms with Gasteiger partial charge in [0.2, 0.25) is 0 Å². The van der Waals surface area contributed by atoms with Crippen molar-refractivity contribution in [3.8, 4) is 0 Å². The zero-order chi connectivity index (χ0) is 15.8. The monoisotopic (exact) mass is 321 g/mol. The summed E-state index contributed by atoms with van der Waals surface area (Å²) in [5.74, 6) is 0. The van der Waals surface area contributed by atoms with Crippen LogP contribution in [0.5, 0.6) is 0 Å². The zero-order valence-corrected chi connectivity index (χ0v) is 13.5. The lowest BCUT2D eigenvalue weighted by molar-refractivity contribution is 0.620. The summed E-state index contributed by atoms with van der Waals surface area (Å²) >= 11 is 6.43. The SMILES string of the molecule is Cc1cccc2cc(C3=NN[C@H](c4ccccc4)C3)c(Cl)nc12. The van der Waals surface area contributed by atoms with E-state index in [1.165, 1.54) is 5.56 Å². The van der Waals surface area contributed by atoms with E-state index in [0.717, 1.165) is 34.2 Å². The van der Waals surface area contributed by atoms with E-state index in [0.29, 0.717) is 5.15 Å². The fourth-order valence-corrected chi connectivity index (χ4v) is 3.26. The van der Waals surface area contributed by atoms with Crippen LogP contribution in [-0.4, -0.2) is 10.7 Å². The van der Waals surface area contributed by atoms with E-state index in [-0.39, 0.29) is 6.04 Å². The normalized spacial score (nSPS) is 17.1. The van der Waals surface area contributed by atoms with Crippen molar-refractivity contribution in [1.29, 1.82) is 0 Å². The quantitative estimate of drug-likeness (QED) is 0.698. The van der Waals surface area contributed by atoms with E-state index < -0.39 is 0 Å². The summed E-state index contributed by atoms with van der Waals surface area (Å²) in [6.07, 6.45) is 0.808. The number of pyridine rings is 1. The van der Waals surface area contributed by atoms with Crippen LogP contribution in [0.15, 0.2) is 59.7 Å². The third kappa shape index (κ3) is 2.57. The van der Waals surface area contributed by atoms with E-state index in [1.807, 2.05) is 37.3 Å². The van der Waals surface area contributed by atoms with Crippen molar-refractivity contribution in [2.24, 2.45) is 5.10 Å². The number of hydrogen-bond acceptors (Lipinski definition) is 3. The summed E-state index contributed by atoms with van der Waals surface area (Å²) in [5, 5.41) is 6.10. The van der Waals surface area contributed by atoms with Gasteiger partial charge < -0.3 is 5.43 Å². The number of fused-ring (bicyclic) bond motifs is 1. The molecule has 0 spiro atoms. The minimum absolute atomic E-state index is 0.190. The van der Waals surface area contributed by atoms with Crippen LogP contribution in [0.3, 0.4) is 0 Å². The molecule has 0 fully saturated rings. The molecule has 114 valence electrons. The Kier molecular flexibility index (Phi) is 3.50. The molecule has 3 nitrogen and oxygen atoms in total. The molecule has 1 atom stereocenters. The molecule has 4 heteroatoms. The summed E-state index contributed by atoms with van der Waals surface area (Å²) in [6, 6.07) is 18.8. The molecular weight excluding hydrogens is 306 g/mol. The molecule has 0 radical (unpaired) electrons. The van der Waals surface area contributed by atoms with E-state index in [2.05, 4.69) is 39.8 Å². The van der Waals surface area contributed by atoms with Gasteiger partial charge in [0.1, 0.15) is 5.15 Å². The van der Waals surface area contributed by atoms with Gasteiger partial charge in [0.15, 0.2) is 0 Å². The molecule has 2 heterocycles. The van der Waals surface area contributed by atoms with Crippen LogP contribution in [0.4, 0.5) is 0 Å². The van der Waals surface area contributed by atoms with Crippen LogP contribution in [-0.2, 0) is 0 Å². The molecule has 4 rings (SSSR count). The van der Waals surface area contributed by atoms with Gasteiger partial charge in [-0.15, -0.1) is 0 Å². The highest BCUT2D eigenvalue weighted by atomic mass is 35.5. The Hall–Kier alpha value is -2.39. The molecule has 0 bridgehead atoms. The average Bonchev–Trinajstić information content (AvgIpc) is 3.06. The maximum atomic E-state index is 6.43. The maximum absolute atomic E-state index is 6.43. The molecule has 0 amide bonds. The summed E-state index contributed by atoms with van der Waals surface area (Å²) < 4.78 is 0. The van der Waals surface area contributed by atoms with Crippen molar-refractivity contribution >= 4 is 28.2 Å². The number of benzene rings is 2. The van der Waals surface area contributed by atoms with Gasteiger partial charge in [-0.25, -0.2) is 4.98 Å². The number of aryl methyl sites for hydroxylation is 1. The van der Waals surface area contributed by atoms with Gasteiger partial charge >= 0.3 is 0 Å². The number of para-hydroxylation sites is 1. The Morgan fingerprint density at radius 1 is 1.09 bits per heavy atom. The van der Waals surface area contributed by atoms with Gasteiger partial charge in [0.05, 0.1) is 17.3 Å². The molecule has 0 aliphatic carbocycles. The summed E-state index contributed by atoms with van der Waals surface area (Å²) in [6.45, 7) is 2.05. The molecule has 2 aromatic carbocycles. The third-order valence-corrected chi connectivity index (χ3v) is 4.55. The van der Waals surface area contributed by atoms with Gasteiger partial charge in [-0.3, -0.25) is 0 Å². The lowest BCUT2D eigenvalue weighted by Crippen LogP contribution is -2.09. The highest BCUT2D eigenvalue weighted by molar-refractivity contribution is 6.33. The number of rotatable bonds is 2. The first kappa shape index (κ1) is 14.2. The van der Waals surface area contributed by atoms with Crippen LogP contribution >= 0.6 is 11.6 Å². The minimum Gasteiger partial charge on any atom is -0.302 e. The number of aromatic nitrogens is 1. The molecule has 0 saturated carbocycles. The Labute approximate surface area is 140 Å². The minimum atomic E-state index is 0.190. The molecule has 1 aromatic heterocycles. The average molecular weight is 322 g/mol. The first-order chi connectivity index (χ1) is 11.2. The molecule has 1 aliphatic rings. The Balaban J connectivity index is 1.69. The predicted octanol–water partition coefficient (Wildman–Crippen LogP) is 4.64. The summed E-state index contributed by atoms with van der Waals surface area (Å²) in [5.41, 5.74) is 8.39.